The van der Waals surface area contributed by atoms with Crippen molar-refractivity contribution in [1.29, 1.82) is 0 Å². The molecule has 17 nitrogen and oxygen atoms in total. The number of carboxylic acids is 3. The normalized spacial score (nSPS) is 14.7. The molecular formula is C30H44N6O11S. The van der Waals surface area contributed by atoms with Crippen LogP contribution in [0, 0.1) is 5.92 Å². The fraction of sp³-hybridized carbons (Fsp3) is 0.533. The van der Waals surface area contributed by atoms with E-state index < -0.39 is 95.7 Å². The average Bonchev–Trinajstić information content (AvgIpc) is 3.00. The van der Waals surface area contributed by atoms with Gasteiger partial charge in [-0.1, -0.05) is 44.2 Å². The van der Waals surface area contributed by atoms with Crippen molar-refractivity contribution in [1.82, 2.24) is 26.0 Å². The minimum atomic E-state index is -1.49. The van der Waals surface area contributed by atoms with Crippen molar-refractivity contribution in [3.8, 4) is 0 Å². The maximum atomic E-state index is 13.2. The van der Waals surface area contributed by atoms with E-state index in [4.69, 9.17) is 15.9 Å². The van der Waals surface area contributed by atoms with Crippen molar-refractivity contribution in [2.45, 2.75) is 96.1 Å². The second kappa shape index (κ2) is 20.6. The van der Waals surface area contributed by atoms with Crippen LogP contribution < -0.4 is 31.7 Å². The van der Waals surface area contributed by atoms with Crippen LogP contribution in [-0.2, 0) is 44.8 Å². The second-order valence-electron chi connectivity index (χ2n) is 11.5. The Morgan fingerprint density at radius 1 is 0.708 bits per heavy atom. The van der Waals surface area contributed by atoms with Gasteiger partial charge in [-0.05, 0) is 50.1 Å². The van der Waals surface area contributed by atoms with E-state index in [0.29, 0.717) is 17.5 Å². The maximum Gasteiger partial charge on any atom is 0.326 e. The number of carbonyl (C=O) groups is 8. The van der Waals surface area contributed by atoms with Crippen molar-refractivity contribution in [2.75, 3.05) is 0 Å². The first-order chi connectivity index (χ1) is 22.4. The molecule has 0 saturated heterocycles. The number of nitrogens with two attached hydrogens (primary N) is 1. The quantitative estimate of drug-likeness (QED) is 0.0708. The summed E-state index contributed by atoms with van der Waals surface area (Å²) in [6.45, 7) is 6.32. The summed E-state index contributed by atoms with van der Waals surface area (Å²) in [7, 11) is 0. The molecule has 0 aliphatic carbocycles. The van der Waals surface area contributed by atoms with E-state index in [9.17, 15) is 43.5 Å². The molecule has 6 atom stereocenters. The summed E-state index contributed by atoms with van der Waals surface area (Å²) in [6.07, 6.45) is -1.38. The lowest BCUT2D eigenvalue weighted by Gasteiger charge is -2.24. The topological polar surface area (TPSA) is 283 Å². The Hall–Kier alpha value is -4.55. The zero-order valence-electron chi connectivity index (χ0n) is 27.1. The highest BCUT2D eigenvalue weighted by Crippen LogP contribution is 2.11. The summed E-state index contributed by atoms with van der Waals surface area (Å²) in [5.74, 6) is -7.06. The highest BCUT2D eigenvalue weighted by Gasteiger charge is 2.30. The van der Waals surface area contributed by atoms with Crippen molar-refractivity contribution in [3.05, 3.63) is 35.9 Å². The number of rotatable bonds is 21. The second-order valence-corrected chi connectivity index (χ2v) is 12.3. The fourth-order valence-corrected chi connectivity index (χ4v) is 4.79. The predicted octanol–water partition coefficient (Wildman–Crippen LogP) is -0.861. The third-order valence-corrected chi connectivity index (χ3v) is 7.66. The van der Waals surface area contributed by atoms with Gasteiger partial charge in [0, 0.05) is 12.8 Å². The molecule has 10 N–H and O–H groups in total. The van der Waals surface area contributed by atoms with Crippen LogP contribution in [0.3, 0.4) is 0 Å². The monoisotopic (exact) mass is 696 g/mol. The summed E-state index contributed by atoms with van der Waals surface area (Å²) in [4.78, 5) is 97.6. The van der Waals surface area contributed by atoms with Gasteiger partial charge < -0.3 is 42.3 Å². The molecule has 0 fully saturated rings. The van der Waals surface area contributed by atoms with E-state index in [2.05, 4.69) is 26.0 Å². The third-order valence-electron chi connectivity index (χ3n) is 6.70. The Morgan fingerprint density at radius 2 is 1.27 bits per heavy atom. The number of nitrogens with one attached hydrogen (secondary N) is 5. The van der Waals surface area contributed by atoms with E-state index >= 15 is 0 Å². The standard InChI is InChI=1S/C30H44N6O11S/c1-15(2)12-22(29(45)46)35-28(44)21(13-18-8-6-5-7-9-18)34-25(41)16(3)32-26(42)17(4)36-48-30(47)20(10-11-23(37)38)33-27(43)19(31)14-24(39)40/h5-9,15-17,19-22,36H,10-14,31H2,1-4H3,(H,32,42)(H,33,43)(H,34,41)(H,35,44)(H,37,38)(H,39,40)(H,45,46)/t16-,17-,19-,20-,21-,22-/m0/s1. The Morgan fingerprint density at radius 3 is 1.81 bits per heavy atom. The van der Waals surface area contributed by atoms with Gasteiger partial charge in [-0.2, -0.15) is 0 Å². The van der Waals surface area contributed by atoms with Gasteiger partial charge in [0.15, 0.2) is 0 Å². The van der Waals surface area contributed by atoms with Crippen LogP contribution in [0.15, 0.2) is 30.3 Å². The number of benzene rings is 1. The third kappa shape index (κ3) is 15.8. The first-order valence-corrected chi connectivity index (χ1v) is 15.9. The molecule has 0 unspecified atom stereocenters. The Kier molecular flexibility index (Phi) is 17.8. The zero-order chi connectivity index (χ0) is 36.6. The molecular weight excluding hydrogens is 652 g/mol. The molecule has 0 spiro atoms. The highest BCUT2D eigenvalue weighted by atomic mass is 32.2. The van der Waals surface area contributed by atoms with Crippen molar-refractivity contribution < 1.29 is 53.7 Å². The first kappa shape index (κ1) is 41.5. The minimum absolute atomic E-state index is 0.0323. The van der Waals surface area contributed by atoms with Crippen LogP contribution in [0.1, 0.15) is 58.9 Å². The summed E-state index contributed by atoms with van der Waals surface area (Å²) in [6, 6.07) is 1.19. The van der Waals surface area contributed by atoms with Crippen molar-refractivity contribution in [2.24, 2.45) is 11.7 Å². The molecule has 18 heteroatoms. The number of hydrogen-bond donors (Lipinski definition) is 9. The molecule has 0 aromatic heterocycles. The number of aliphatic carboxylic acids is 3. The summed E-state index contributed by atoms with van der Waals surface area (Å²) in [5.41, 5.74) is 6.20. The smallest absolute Gasteiger partial charge is 0.326 e. The van der Waals surface area contributed by atoms with Gasteiger partial charge in [-0.15, -0.1) is 0 Å². The van der Waals surface area contributed by atoms with Gasteiger partial charge in [-0.25, -0.2) is 9.52 Å². The minimum Gasteiger partial charge on any atom is -0.481 e. The number of amides is 4. The van der Waals surface area contributed by atoms with Crippen LogP contribution in [0.5, 0.6) is 0 Å². The lowest BCUT2D eigenvalue weighted by molar-refractivity contribution is -0.143. The lowest BCUT2D eigenvalue weighted by atomic mass is 10.0. The summed E-state index contributed by atoms with van der Waals surface area (Å²) >= 11 is 0.388. The molecule has 48 heavy (non-hydrogen) atoms. The highest BCUT2D eigenvalue weighted by molar-refractivity contribution is 8.12. The molecule has 0 aliphatic rings. The number of carboxylic acid groups (broad SMARTS) is 3. The molecule has 4 amide bonds. The lowest BCUT2D eigenvalue weighted by Crippen LogP contribution is -2.57. The molecule has 1 aromatic carbocycles. The molecule has 0 bridgehead atoms. The maximum absolute atomic E-state index is 13.2. The van der Waals surface area contributed by atoms with Gasteiger partial charge >= 0.3 is 17.9 Å². The van der Waals surface area contributed by atoms with E-state index in [-0.39, 0.29) is 25.2 Å². The van der Waals surface area contributed by atoms with Crippen LogP contribution in [0.4, 0.5) is 0 Å². The van der Waals surface area contributed by atoms with Crippen LogP contribution in [-0.4, -0.2) is 98.2 Å². The predicted molar refractivity (Wildman–Crippen MR) is 173 cm³/mol. The van der Waals surface area contributed by atoms with Crippen molar-refractivity contribution in [3.63, 3.8) is 0 Å². The van der Waals surface area contributed by atoms with E-state index in [1.54, 1.807) is 44.2 Å². The van der Waals surface area contributed by atoms with Crippen LogP contribution >= 0.6 is 11.9 Å². The molecule has 0 aliphatic heterocycles. The van der Waals surface area contributed by atoms with Crippen molar-refractivity contribution >= 4 is 58.6 Å². The Bertz CT molecular complexity index is 1310. The average molecular weight is 697 g/mol. The SMILES string of the molecule is CC(C)C[C@H](NC(=O)[C@H](Cc1ccccc1)NC(=O)[C@H](C)NC(=O)[C@H](C)NSC(=O)[C@H](CCC(=O)O)NC(=O)[C@@H](N)CC(=O)O)C(=O)O. The van der Waals surface area contributed by atoms with E-state index in [1.807, 2.05) is 0 Å². The molecule has 0 heterocycles. The van der Waals surface area contributed by atoms with Gasteiger partial charge in [0.1, 0.15) is 18.1 Å². The van der Waals surface area contributed by atoms with E-state index in [1.165, 1.54) is 13.8 Å². The fourth-order valence-electron chi connectivity index (χ4n) is 4.07. The van der Waals surface area contributed by atoms with Gasteiger partial charge in [-0.3, -0.25) is 33.6 Å². The van der Waals surface area contributed by atoms with Crippen LogP contribution in [0.25, 0.3) is 0 Å². The molecule has 1 aromatic rings. The van der Waals surface area contributed by atoms with Crippen LogP contribution in [0.2, 0.25) is 0 Å². The summed E-state index contributed by atoms with van der Waals surface area (Å²) in [5, 5.41) is 36.3. The number of hydrogen-bond acceptors (Lipinski definition) is 11. The van der Waals surface area contributed by atoms with Gasteiger partial charge in [0.05, 0.1) is 24.5 Å². The molecule has 0 radical (unpaired) electrons. The van der Waals surface area contributed by atoms with Gasteiger partial charge in [0.25, 0.3) is 0 Å². The largest absolute Gasteiger partial charge is 0.481 e. The Balaban J connectivity index is 2.88. The molecule has 0 saturated carbocycles. The molecule has 1 rings (SSSR count). The van der Waals surface area contributed by atoms with E-state index in [0.717, 1.165) is 0 Å². The Labute approximate surface area is 281 Å². The van der Waals surface area contributed by atoms with Gasteiger partial charge in [0.2, 0.25) is 28.7 Å². The zero-order valence-corrected chi connectivity index (χ0v) is 27.9. The first-order valence-electron chi connectivity index (χ1n) is 15.0. The number of carbonyl (C=O) groups excluding carboxylic acids is 5. The summed E-state index contributed by atoms with van der Waals surface area (Å²) < 4.78 is 2.55. The molecule has 266 valence electrons.